The van der Waals surface area contributed by atoms with Crippen molar-refractivity contribution < 1.29 is 19.3 Å². The first kappa shape index (κ1) is 23.7. The van der Waals surface area contributed by atoms with Gasteiger partial charge in [0.05, 0.1) is 13.7 Å². The molecule has 0 saturated carbocycles. The summed E-state index contributed by atoms with van der Waals surface area (Å²) in [5, 5.41) is 10.2. The predicted molar refractivity (Wildman–Crippen MR) is 110 cm³/mol. The molecule has 6 nitrogen and oxygen atoms in total. The lowest BCUT2D eigenvalue weighted by atomic mass is 10.1. The van der Waals surface area contributed by atoms with E-state index in [1.165, 1.54) is 0 Å². The summed E-state index contributed by atoms with van der Waals surface area (Å²) in [5.74, 6) is 1.34. The first-order valence-corrected chi connectivity index (χ1v) is 9.69. The second-order valence-corrected chi connectivity index (χ2v) is 7.54. The summed E-state index contributed by atoms with van der Waals surface area (Å²) in [7, 11) is 5.35. The van der Waals surface area contributed by atoms with E-state index in [0.29, 0.717) is 36.7 Å². The smallest absolute Gasteiger partial charge is 0.161 e. The van der Waals surface area contributed by atoms with Crippen LogP contribution in [0.4, 0.5) is 0 Å². The molecule has 0 spiro atoms. The normalized spacial score (nSPS) is 13.0. The summed E-state index contributed by atoms with van der Waals surface area (Å²) in [5.41, 5.74) is 1.14. The van der Waals surface area contributed by atoms with Gasteiger partial charge in [0.2, 0.25) is 0 Å². The lowest BCUT2D eigenvalue weighted by Crippen LogP contribution is -2.37. The molecule has 1 unspecified atom stereocenters. The second kappa shape index (κ2) is 12.2. The fraction of sp³-hybridized carbons (Fsp3) is 0.714. The molecule has 156 valence electrons. The van der Waals surface area contributed by atoms with Gasteiger partial charge < -0.3 is 24.2 Å². The molecule has 0 amide bonds. The SMILES string of the molecule is COCCN(Cc1ccc(OC)c(OCC(O)CN(C)C(C)C)c1)C(C)C. The van der Waals surface area contributed by atoms with Crippen LogP contribution >= 0.6 is 0 Å². The Labute approximate surface area is 165 Å². The van der Waals surface area contributed by atoms with Crippen LogP contribution in [0.1, 0.15) is 33.3 Å². The average molecular weight is 383 g/mol. The molecule has 0 aliphatic heterocycles. The summed E-state index contributed by atoms with van der Waals surface area (Å²) >= 11 is 0. The Morgan fingerprint density at radius 1 is 1.04 bits per heavy atom. The number of likely N-dealkylation sites (N-methyl/N-ethyl adjacent to an activating group) is 1. The highest BCUT2D eigenvalue weighted by Crippen LogP contribution is 2.29. The van der Waals surface area contributed by atoms with Crippen molar-refractivity contribution >= 4 is 0 Å². The first-order valence-electron chi connectivity index (χ1n) is 9.69. The average Bonchev–Trinajstić information content (AvgIpc) is 2.63. The Morgan fingerprint density at radius 3 is 2.30 bits per heavy atom. The van der Waals surface area contributed by atoms with Gasteiger partial charge in [-0.05, 0) is 52.4 Å². The van der Waals surface area contributed by atoms with E-state index in [4.69, 9.17) is 14.2 Å². The number of nitrogens with zero attached hydrogens (tertiary/aromatic N) is 2. The molecule has 1 N–H and O–H groups in total. The van der Waals surface area contributed by atoms with Crippen molar-refractivity contribution in [2.24, 2.45) is 0 Å². The van der Waals surface area contributed by atoms with Crippen molar-refractivity contribution in [3.63, 3.8) is 0 Å². The van der Waals surface area contributed by atoms with Gasteiger partial charge >= 0.3 is 0 Å². The van der Waals surface area contributed by atoms with E-state index in [0.717, 1.165) is 18.7 Å². The number of ether oxygens (including phenoxy) is 3. The number of methoxy groups -OCH3 is 2. The molecule has 0 saturated heterocycles. The standard InChI is InChI=1S/C21H38N2O4/c1-16(2)22(5)14-19(24)15-27-21-12-18(8-9-20(21)26-7)13-23(17(3)4)10-11-25-6/h8-9,12,16-17,19,24H,10-11,13-15H2,1-7H3. The van der Waals surface area contributed by atoms with Gasteiger partial charge in [-0.3, -0.25) is 4.90 Å². The topological polar surface area (TPSA) is 54.4 Å². The van der Waals surface area contributed by atoms with Gasteiger partial charge in [0, 0.05) is 38.8 Å². The number of aliphatic hydroxyl groups is 1. The molecule has 0 aromatic heterocycles. The van der Waals surface area contributed by atoms with Crippen LogP contribution in [0.5, 0.6) is 11.5 Å². The van der Waals surface area contributed by atoms with E-state index >= 15 is 0 Å². The summed E-state index contributed by atoms with van der Waals surface area (Å²) in [6.07, 6.45) is -0.556. The molecular formula is C21H38N2O4. The third-order valence-corrected chi connectivity index (χ3v) is 4.74. The minimum absolute atomic E-state index is 0.231. The van der Waals surface area contributed by atoms with Gasteiger partial charge in [0.25, 0.3) is 0 Å². The molecule has 1 aromatic carbocycles. The first-order chi connectivity index (χ1) is 12.8. The van der Waals surface area contributed by atoms with E-state index in [9.17, 15) is 5.11 Å². The molecule has 0 bridgehead atoms. The lowest BCUT2D eigenvalue weighted by Gasteiger charge is -2.27. The molecule has 0 aliphatic carbocycles. The number of aliphatic hydroxyl groups excluding tert-OH is 1. The van der Waals surface area contributed by atoms with Crippen molar-refractivity contribution in [2.45, 2.75) is 52.4 Å². The minimum Gasteiger partial charge on any atom is -0.493 e. The number of hydrogen-bond acceptors (Lipinski definition) is 6. The van der Waals surface area contributed by atoms with Gasteiger partial charge in [-0.2, -0.15) is 0 Å². The summed E-state index contributed by atoms with van der Waals surface area (Å²) in [4.78, 5) is 4.44. The maximum absolute atomic E-state index is 10.2. The molecule has 1 aromatic rings. The Bertz CT molecular complexity index is 537. The van der Waals surface area contributed by atoms with E-state index in [1.54, 1.807) is 14.2 Å². The molecule has 1 atom stereocenters. The van der Waals surface area contributed by atoms with Gasteiger partial charge in [-0.25, -0.2) is 0 Å². The Kier molecular flexibility index (Phi) is 10.7. The van der Waals surface area contributed by atoms with Gasteiger partial charge in [0.1, 0.15) is 12.7 Å². The van der Waals surface area contributed by atoms with E-state index in [2.05, 4.69) is 43.6 Å². The van der Waals surface area contributed by atoms with Crippen molar-refractivity contribution in [1.29, 1.82) is 0 Å². The minimum atomic E-state index is -0.556. The zero-order valence-corrected chi connectivity index (χ0v) is 18.1. The molecular weight excluding hydrogens is 344 g/mol. The van der Waals surface area contributed by atoms with Crippen molar-refractivity contribution in [1.82, 2.24) is 9.80 Å². The molecule has 1 rings (SSSR count). The Balaban J connectivity index is 2.77. The molecule has 0 aliphatic rings. The maximum Gasteiger partial charge on any atom is 0.161 e. The summed E-state index contributed by atoms with van der Waals surface area (Å²) in [6, 6.07) is 6.77. The third kappa shape index (κ3) is 8.47. The van der Waals surface area contributed by atoms with Crippen LogP contribution in [0, 0.1) is 0 Å². The van der Waals surface area contributed by atoms with E-state index in [1.807, 2.05) is 19.2 Å². The van der Waals surface area contributed by atoms with Crippen LogP contribution in [0.3, 0.4) is 0 Å². The van der Waals surface area contributed by atoms with Crippen LogP contribution in [-0.4, -0.2) is 80.7 Å². The quantitative estimate of drug-likeness (QED) is 0.566. The van der Waals surface area contributed by atoms with Crippen LogP contribution < -0.4 is 9.47 Å². The van der Waals surface area contributed by atoms with Crippen molar-refractivity contribution in [3.8, 4) is 11.5 Å². The van der Waals surface area contributed by atoms with Crippen LogP contribution in [0.25, 0.3) is 0 Å². The number of rotatable bonds is 13. The third-order valence-electron chi connectivity index (χ3n) is 4.74. The highest BCUT2D eigenvalue weighted by atomic mass is 16.5. The van der Waals surface area contributed by atoms with E-state index in [-0.39, 0.29) is 6.61 Å². The predicted octanol–water partition coefficient (Wildman–Crippen LogP) is 2.63. The fourth-order valence-corrected chi connectivity index (χ4v) is 2.68. The molecule has 0 fully saturated rings. The van der Waals surface area contributed by atoms with Gasteiger partial charge in [-0.15, -0.1) is 0 Å². The number of benzene rings is 1. The zero-order chi connectivity index (χ0) is 20.4. The Morgan fingerprint density at radius 2 is 1.74 bits per heavy atom. The summed E-state index contributed by atoms with van der Waals surface area (Å²) in [6.45, 7) is 11.7. The highest BCUT2D eigenvalue weighted by molar-refractivity contribution is 5.43. The summed E-state index contributed by atoms with van der Waals surface area (Å²) < 4.78 is 16.5. The molecule has 6 heteroatoms. The van der Waals surface area contributed by atoms with E-state index < -0.39 is 6.10 Å². The zero-order valence-electron chi connectivity index (χ0n) is 18.1. The Hall–Kier alpha value is -1.34. The monoisotopic (exact) mass is 382 g/mol. The molecule has 0 heterocycles. The maximum atomic E-state index is 10.2. The largest absolute Gasteiger partial charge is 0.493 e. The lowest BCUT2D eigenvalue weighted by molar-refractivity contribution is 0.0667. The van der Waals surface area contributed by atoms with Crippen molar-refractivity contribution in [2.75, 3.05) is 47.6 Å². The number of hydrogen-bond donors (Lipinski definition) is 1. The van der Waals surface area contributed by atoms with Crippen molar-refractivity contribution in [3.05, 3.63) is 23.8 Å². The molecule has 0 radical (unpaired) electrons. The second-order valence-electron chi connectivity index (χ2n) is 7.54. The van der Waals surface area contributed by atoms with Gasteiger partial charge in [-0.1, -0.05) is 6.07 Å². The van der Waals surface area contributed by atoms with Crippen LogP contribution in [-0.2, 0) is 11.3 Å². The molecule has 27 heavy (non-hydrogen) atoms. The fourth-order valence-electron chi connectivity index (χ4n) is 2.68. The van der Waals surface area contributed by atoms with Gasteiger partial charge in [0.15, 0.2) is 11.5 Å². The highest BCUT2D eigenvalue weighted by Gasteiger charge is 2.15. The van der Waals surface area contributed by atoms with Crippen LogP contribution in [0.2, 0.25) is 0 Å². The van der Waals surface area contributed by atoms with Crippen LogP contribution in [0.15, 0.2) is 18.2 Å².